The highest BCUT2D eigenvalue weighted by Crippen LogP contribution is 2.22. The number of hydrogen-bond acceptors (Lipinski definition) is 1. The monoisotopic (exact) mass is 169 g/mol. The van der Waals surface area contributed by atoms with Gasteiger partial charge < -0.3 is 4.90 Å². The zero-order valence-corrected chi connectivity index (χ0v) is 8.34. The third-order valence-corrected chi connectivity index (χ3v) is 2.84. The van der Waals surface area contributed by atoms with Crippen molar-refractivity contribution in [2.24, 2.45) is 11.8 Å². The van der Waals surface area contributed by atoms with Crippen LogP contribution in [0.15, 0.2) is 0 Å². The predicted octanol–water partition coefficient (Wildman–Crippen LogP) is 1.90. The summed E-state index contributed by atoms with van der Waals surface area (Å²) in [6.45, 7) is 5.44. The standard InChI is InChI=1S/C10H19NO/c1-8(2)9-5-4-6-10(12)11(3)7-9/h8-9H,4-7H2,1-3H3. The van der Waals surface area contributed by atoms with Crippen molar-refractivity contribution in [2.75, 3.05) is 13.6 Å². The van der Waals surface area contributed by atoms with Crippen LogP contribution in [0.5, 0.6) is 0 Å². The van der Waals surface area contributed by atoms with E-state index in [0.29, 0.717) is 17.7 Å². The van der Waals surface area contributed by atoms with Gasteiger partial charge in [-0.3, -0.25) is 4.79 Å². The summed E-state index contributed by atoms with van der Waals surface area (Å²) >= 11 is 0. The molecule has 1 aliphatic rings. The van der Waals surface area contributed by atoms with Crippen LogP contribution in [0.25, 0.3) is 0 Å². The van der Waals surface area contributed by atoms with E-state index in [1.807, 2.05) is 11.9 Å². The first kappa shape index (κ1) is 9.56. The summed E-state index contributed by atoms with van der Waals surface area (Å²) in [6.07, 6.45) is 3.04. The quantitative estimate of drug-likeness (QED) is 0.587. The van der Waals surface area contributed by atoms with Crippen molar-refractivity contribution >= 4 is 5.91 Å². The Morgan fingerprint density at radius 3 is 2.75 bits per heavy atom. The third-order valence-electron chi connectivity index (χ3n) is 2.84. The zero-order valence-electron chi connectivity index (χ0n) is 8.34. The Bertz CT molecular complexity index is 165. The van der Waals surface area contributed by atoms with Gasteiger partial charge in [-0.05, 0) is 24.7 Å². The van der Waals surface area contributed by atoms with Crippen LogP contribution in [0.4, 0.5) is 0 Å². The van der Waals surface area contributed by atoms with Crippen molar-refractivity contribution in [3.8, 4) is 0 Å². The number of hydrogen-bond donors (Lipinski definition) is 0. The molecular formula is C10H19NO. The van der Waals surface area contributed by atoms with E-state index < -0.39 is 0 Å². The van der Waals surface area contributed by atoms with Crippen LogP contribution in [0, 0.1) is 11.8 Å². The van der Waals surface area contributed by atoms with E-state index in [1.54, 1.807) is 0 Å². The maximum atomic E-state index is 11.3. The number of carbonyl (C=O) groups is 1. The number of nitrogens with zero attached hydrogens (tertiary/aromatic N) is 1. The Balaban J connectivity index is 2.54. The Morgan fingerprint density at radius 1 is 1.50 bits per heavy atom. The van der Waals surface area contributed by atoms with Gasteiger partial charge in [0, 0.05) is 20.0 Å². The predicted molar refractivity (Wildman–Crippen MR) is 49.8 cm³/mol. The van der Waals surface area contributed by atoms with E-state index in [1.165, 1.54) is 6.42 Å². The highest BCUT2D eigenvalue weighted by molar-refractivity contribution is 5.76. The lowest BCUT2D eigenvalue weighted by molar-refractivity contribution is -0.129. The second kappa shape index (κ2) is 3.92. The van der Waals surface area contributed by atoms with Gasteiger partial charge >= 0.3 is 0 Å². The number of amides is 1. The second-order valence-electron chi connectivity index (χ2n) is 4.17. The first-order valence-electron chi connectivity index (χ1n) is 4.85. The maximum Gasteiger partial charge on any atom is 0.222 e. The highest BCUT2D eigenvalue weighted by Gasteiger charge is 2.22. The van der Waals surface area contributed by atoms with E-state index in [-0.39, 0.29) is 0 Å². The van der Waals surface area contributed by atoms with Gasteiger partial charge in [0.15, 0.2) is 0 Å². The molecule has 0 aromatic heterocycles. The van der Waals surface area contributed by atoms with E-state index in [0.717, 1.165) is 19.4 Å². The smallest absolute Gasteiger partial charge is 0.222 e. The van der Waals surface area contributed by atoms with Gasteiger partial charge in [-0.25, -0.2) is 0 Å². The average Bonchev–Trinajstić information content (AvgIpc) is 2.15. The molecule has 1 unspecified atom stereocenters. The fourth-order valence-corrected chi connectivity index (χ4v) is 1.80. The van der Waals surface area contributed by atoms with E-state index in [4.69, 9.17) is 0 Å². The van der Waals surface area contributed by atoms with Crippen LogP contribution < -0.4 is 0 Å². The van der Waals surface area contributed by atoms with Gasteiger partial charge in [0.2, 0.25) is 5.91 Å². The molecule has 0 bridgehead atoms. The molecule has 1 saturated heterocycles. The summed E-state index contributed by atoms with van der Waals surface area (Å²) in [6, 6.07) is 0. The van der Waals surface area contributed by atoms with Crippen LogP contribution in [-0.4, -0.2) is 24.4 Å². The van der Waals surface area contributed by atoms with Gasteiger partial charge in [-0.15, -0.1) is 0 Å². The zero-order chi connectivity index (χ0) is 9.14. The van der Waals surface area contributed by atoms with Gasteiger partial charge in [0.1, 0.15) is 0 Å². The normalized spacial score (nSPS) is 26.2. The second-order valence-corrected chi connectivity index (χ2v) is 4.17. The molecule has 1 aliphatic heterocycles. The van der Waals surface area contributed by atoms with E-state index in [2.05, 4.69) is 13.8 Å². The van der Waals surface area contributed by atoms with Crippen LogP contribution in [0.2, 0.25) is 0 Å². The molecule has 0 spiro atoms. The molecule has 0 aliphatic carbocycles. The lowest BCUT2D eigenvalue weighted by Gasteiger charge is -2.23. The number of rotatable bonds is 1. The fourth-order valence-electron chi connectivity index (χ4n) is 1.80. The van der Waals surface area contributed by atoms with Crippen LogP contribution in [0.1, 0.15) is 33.1 Å². The largest absolute Gasteiger partial charge is 0.345 e. The molecule has 12 heavy (non-hydrogen) atoms. The van der Waals surface area contributed by atoms with Gasteiger partial charge in [-0.1, -0.05) is 13.8 Å². The first-order valence-corrected chi connectivity index (χ1v) is 4.85. The molecule has 0 aromatic rings. The van der Waals surface area contributed by atoms with Crippen molar-refractivity contribution < 1.29 is 4.79 Å². The van der Waals surface area contributed by atoms with Crippen LogP contribution in [-0.2, 0) is 4.79 Å². The molecule has 2 heteroatoms. The van der Waals surface area contributed by atoms with E-state index in [9.17, 15) is 4.79 Å². The molecule has 1 heterocycles. The van der Waals surface area contributed by atoms with Crippen molar-refractivity contribution in [3.63, 3.8) is 0 Å². The molecule has 0 aromatic carbocycles. The lowest BCUT2D eigenvalue weighted by Crippen LogP contribution is -2.30. The lowest BCUT2D eigenvalue weighted by atomic mass is 9.91. The Morgan fingerprint density at radius 2 is 2.17 bits per heavy atom. The SMILES string of the molecule is CC(C)C1CCCC(=O)N(C)C1. The summed E-state index contributed by atoms with van der Waals surface area (Å²) in [5, 5.41) is 0. The summed E-state index contributed by atoms with van der Waals surface area (Å²) in [4.78, 5) is 13.2. The molecule has 1 atom stereocenters. The minimum absolute atomic E-state index is 0.318. The Kier molecular flexibility index (Phi) is 3.12. The maximum absolute atomic E-state index is 11.3. The summed E-state index contributed by atoms with van der Waals surface area (Å²) in [5.74, 6) is 1.73. The number of carbonyl (C=O) groups excluding carboxylic acids is 1. The van der Waals surface area contributed by atoms with Crippen molar-refractivity contribution in [1.29, 1.82) is 0 Å². The molecule has 0 saturated carbocycles. The third kappa shape index (κ3) is 2.23. The highest BCUT2D eigenvalue weighted by atomic mass is 16.2. The van der Waals surface area contributed by atoms with Gasteiger partial charge in [0.25, 0.3) is 0 Å². The van der Waals surface area contributed by atoms with Crippen LogP contribution in [0.3, 0.4) is 0 Å². The molecule has 0 N–H and O–H groups in total. The number of likely N-dealkylation sites (tertiary alicyclic amines) is 1. The van der Waals surface area contributed by atoms with Crippen molar-refractivity contribution in [1.82, 2.24) is 4.90 Å². The minimum Gasteiger partial charge on any atom is -0.345 e. The Hall–Kier alpha value is -0.530. The average molecular weight is 169 g/mol. The Labute approximate surface area is 74.9 Å². The molecule has 0 radical (unpaired) electrons. The van der Waals surface area contributed by atoms with Gasteiger partial charge in [0.05, 0.1) is 0 Å². The van der Waals surface area contributed by atoms with Gasteiger partial charge in [-0.2, -0.15) is 0 Å². The van der Waals surface area contributed by atoms with Crippen molar-refractivity contribution in [2.45, 2.75) is 33.1 Å². The van der Waals surface area contributed by atoms with Crippen molar-refractivity contribution in [3.05, 3.63) is 0 Å². The summed E-state index contributed by atoms with van der Waals surface area (Å²) in [7, 11) is 1.92. The molecule has 1 rings (SSSR count). The molecule has 1 fully saturated rings. The minimum atomic E-state index is 0.318. The van der Waals surface area contributed by atoms with Crippen LogP contribution >= 0.6 is 0 Å². The molecule has 2 nitrogen and oxygen atoms in total. The molecule has 1 amide bonds. The molecular weight excluding hydrogens is 150 g/mol. The topological polar surface area (TPSA) is 20.3 Å². The summed E-state index contributed by atoms with van der Waals surface area (Å²) < 4.78 is 0. The first-order chi connectivity index (χ1) is 5.61. The molecule has 70 valence electrons. The fraction of sp³-hybridized carbons (Fsp3) is 0.900. The van der Waals surface area contributed by atoms with E-state index >= 15 is 0 Å². The summed E-state index contributed by atoms with van der Waals surface area (Å²) in [5.41, 5.74) is 0.